The first-order valence-corrected chi connectivity index (χ1v) is 7.96. The van der Waals surface area contributed by atoms with Crippen molar-refractivity contribution in [3.8, 4) is 5.75 Å². The third-order valence-corrected chi connectivity index (χ3v) is 4.02. The molecule has 0 radical (unpaired) electrons. The summed E-state index contributed by atoms with van der Waals surface area (Å²) in [6.45, 7) is 0. The topological polar surface area (TPSA) is 98.5 Å². The second-order valence-corrected chi connectivity index (χ2v) is 6.25. The Labute approximate surface area is 139 Å². The Hall–Kier alpha value is -2.66. The number of amides is 1. The smallest absolute Gasteiger partial charge is 0.261 e. The first-order valence-electron chi connectivity index (χ1n) is 6.42. The number of hydrogen-bond donors (Lipinski definition) is 2. The fraction of sp³-hybridized carbons (Fsp3) is 0.0714. The van der Waals surface area contributed by atoms with Crippen LogP contribution in [0.3, 0.4) is 0 Å². The zero-order chi connectivity index (χ0) is 18.9. The van der Waals surface area contributed by atoms with Crippen LogP contribution < -0.4 is 15.2 Å². The van der Waals surface area contributed by atoms with Gasteiger partial charge >= 0.3 is 0 Å². The molecule has 2 aromatic carbocycles. The summed E-state index contributed by atoms with van der Waals surface area (Å²) in [6.07, 6.45) is 0. The maximum atomic E-state index is 13.8. The lowest BCUT2D eigenvalue weighted by molar-refractivity contribution is 0.101. The molecule has 0 aromatic heterocycles. The van der Waals surface area contributed by atoms with Gasteiger partial charge in [0.15, 0.2) is 17.4 Å². The number of carbonyl (C=O) groups is 1. The van der Waals surface area contributed by atoms with Gasteiger partial charge in [-0.25, -0.2) is 22.3 Å². The number of ether oxygens (including phenoxy) is 1. The van der Waals surface area contributed by atoms with Crippen LogP contribution in [-0.2, 0) is 10.0 Å². The lowest BCUT2D eigenvalue weighted by Crippen LogP contribution is -2.19. The lowest BCUT2D eigenvalue weighted by atomic mass is 10.1. The van der Waals surface area contributed by atoms with E-state index in [2.05, 4.69) is 4.74 Å². The van der Waals surface area contributed by atoms with Crippen LogP contribution in [0.1, 0.15) is 10.4 Å². The van der Waals surface area contributed by atoms with Gasteiger partial charge in [-0.15, -0.1) is 0 Å². The number of hydrogen-bond acceptors (Lipinski definition) is 4. The van der Waals surface area contributed by atoms with E-state index in [1.54, 1.807) is 0 Å². The minimum absolute atomic E-state index is 0.0900. The second-order valence-electron chi connectivity index (χ2n) is 4.69. The third-order valence-electron chi connectivity index (χ3n) is 3.10. The van der Waals surface area contributed by atoms with Crippen LogP contribution in [-0.4, -0.2) is 21.4 Å². The van der Waals surface area contributed by atoms with E-state index in [1.165, 1.54) is 0 Å². The quantitative estimate of drug-likeness (QED) is 0.629. The van der Waals surface area contributed by atoms with E-state index >= 15 is 0 Å². The van der Waals surface area contributed by atoms with E-state index in [9.17, 15) is 30.8 Å². The van der Waals surface area contributed by atoms with Crippen molar-refractivity contribution >= 4 is 21.6 Å². The molecule has 2 aromatic rings. The highest BCUT2D eigenvalue weighted by Gasteiger charge is 2.30. The molecule has 0 heterocycles. The molecule has 0 aliphatic rings. The Morgan fingerprint density at radius 2 is 1.48 bits per heavy atom. The predicted molar refractivity (Wildman–Crippen MR) is 78.6 cm³/mol. The van der Waals surface area contributed by atoms with E-state index in [4.69, 9.17) is 5.14 Å². The third kappa shape index (κ3) is 3.56. The number of nitrogens with two attached hydrogens (primary N) is 1. The standard InChI is InChI=1S/C14H10F4N2O4S/c1-24-13-11(17)9(15)8(10(16)12(13)18)14(21)20-6-2-4-7(5-3-6)25(19,22)23/h2-5H,1H3,(H,20,21)(H2,19,22,23). The number of rotatable bonds is 4. The van der Waals surface area contributed by atoms with Gasteiger partial charge < -0.3 is 10.1 Å². The molecule has 0 aliphatic heterocycles. The van der Waals surface area contributed by atoms with Crippen molar-refractivity contribution in [2.24, 2.45) is 5.14 Å². The average molecular weight is 378 g/mol. The van der Waals surface area contributed by atoms with Gasteiger partial charge in [-0.1, -0.05) is 0 Å². The van der Waals surface area contributed by atoms with Gasteiger partial charge in [0.05, 0.1) is 12.0 Å². The second kappa shape index (κ2) is 6.69. The number of primary sulfonamides is 1. The van der Waals surface area contributed by atoms with Crippen molar-refractivity contribution in [3.63, 3.8) is 0 Å². The Morgan fingerprint density at radius 3 is 1.88 bits per heavy atom. The summed E-state index contributed by atoms with van der Waals surface area (Å²) in [5, 5.41) is 6.87. The highest BCUT2D eigenvalue weighted by Crippen LogP contribution is 2.30. The van der Waals surface area contributed by atoms with Crippen LogP contribution in [0, 0.1) is 23.3 Å². The van der Waals surface area contributed by atoms with E-state index in [0.29, 0.717) is 0 Å². The van der Waals surface area contributed by atoms with Gasteiger partial charge in [-0.2, -0.15) is 8.78 Å². The molecule has 1 amide bonds. The Morgan fingerprint density at radius 1 is 1.00 bits per heavy atom. The summed E-state index contributed by atoms with van der Waals surface area (Å²) < 4.78 is 81.4. The molecular formula is C14H10F4N2O4S. The minimum atomic E-state index is -3.98. The van der Waals surface area contributed by atoms with Gasteiger partial charge in [0.25, 0.3) is 5.91 Å². The molecule has 0 aliphatic carbocycles. The van der Waals surface area contributed by atoms with Gasteiger partial charge in [-0.05, 0) is 24.3 Å². The van der Waals surface area contributed by atoms with Crippen LogP contribution in [0.5, 0.6) is 5.75 Å². The van der Waals surface area contributed by atoms with Crippen LogP contribution in [0.4, 0.5) is 23.2 Å². The van der Waals surface area contributed by atoms with Crippen LogP contribution in [0.25, 0.3) is 0 Å². The van der Waals surface area contributed by atoms with E-state index < -0.39 is 50.5 Å². The van der Waals surface area contributed by atoms with Gasteiger partial charge in [-0.3, -0.25) is 4.79 Å². The largest absolute Gasteiger partial charge is 0.491 e. The molecule has 0 unspecified atom stereocenters. The number of anilines is 1. The van der Waals surface area contributed by atoms with E-state index in [0.717, 1.165) is 31.4 Å². The summed E-state index contributed by atoms with van der Waals surface area (Å²) in [4.78, 5) is 11.7. The Bertz CT molecular complexity index is 917. The number of carbonyl (C=O) groups excluding carboxylic acids is 1. The SMILES string of the molecule is COc1c(F)c(F)c(C(=O)Nc2ccc(S(N)(=O)=O)cc2)c(F)c1F. The fourth-order valence-corrected chi connectivity index (χ4v) is 2.43. The molecule has 0 spiro atoms. The van der Waals surface area contributed by atoms with Crippen LogP contribution >= 0.6 is 0 Å². The highest BCUT2D eigenvalue weighted by molar-refractivity contribution is 7.89. The summed E-state index contributed by atoms with van der Waals surface area (Å²) in [5.74, 6) is -10.4. The molecule has 0 bridgehead atoms. The molecule has 6 nitrogen and oxygen atoms in total. The number of sulfonamides is 1. The molecule has 3 N–H and O–H groups in total. The van der Waals surface area contributed by atoms with Crippen LogP contribution in [0.2, 0.25) is 0 Å². The van der Waals surface area contributed by atoms with Crippen molar-refractivity contribution < 1.29 is 35.5 Å². The van der Waals surface area contributed by atoms with Crippen molar-refractivity contribution in [2.45, 2.75) is 4.90 Å². The molecular weight excluding hydrogens is 368 g/mol. The zero-order valence-electron chi connectivity index (χ0n) is 12.4. The number of methoxy groups -OCH3 is 1. The molecule has 2 rings (SSSR count). The summed E-state index contributed by atoms with van der Waals surface area (Å²) >= 11 is 0. The Balaban J connectivity index is 2.39. The molecule has 134 valence electrons. The summed E-state index contributed by atoms with van der Waals surface area (Å²) in [5.41, 5.74) is -1.58. The molecule has 0 atom stereocenters. The van der Waals surface area contributed by atoms with Crippen molar-refractivity contribution in [2.75, 3.05) is 12.4 Å². The normalized spacial score (nSPS) is 11.3. The van der Waals surface area contributed by atoms with Gasteiger partial charge in [0.1, 0.15) is 5.56 Å². The average Bonchev–Trinajstić information content (AvgIpc) is 2.53. The maximum absolute atomic E-state index is 13.8. The molecule has 0 saturated heterocycles. The highest BCUT2D eigenvalue weighted by atomic mass is 32.2. The minimum Gasteiger partial charge on any atom is -0.491 e. The first kappa shape index (κ1) is 18.7. The maximum Gasteiger partial charge on any atom is 0.261 e. The van der Waals surface area contributed by atoms with Crippen molar-refractivity contribution in [1.82, 2.24) is 0 Å². The van der Waals surface area contributed by atoms with Crippen molar-refractivity contribution in [1.29, 1.82) is 0 Å². The predicted octanol–water partition coefficient (Wildman–Crippen LogP) is 2.15. The molecule has 25 heavy (non-hydrogen) atoms. The van der Waals surface area contributed by atoms with Gasteiger partial charge in [0, 0.05) is 5.69 Å². The molecule has 0 fully saturated rings. The monoisotopic (exact) mass is 378 g/mol. The summed E-state index contributed by atoms with van der Waals surface area (Å²) in [7, 11) is -3.18. The first-order chi connectivity index (χ1) is 11.6. The van der Waals surface area contributed by atoms with E-state index in [-0.39, 0.29) is 10.6 Å². The number of halogens is 4. The zero-order valence-corrected chi connectivity index (χ0v) is 13.3. The fourth-order valence-electron chi connectivity index (χ4n) is 1.91. The van der Waals surface area contributed by atoms with Gasteiger partial charge in [0.2, 0.25) is 21.7 Å². The van der Waals surface area contributed by atoms with E-state index in [1.807, 2.05) is 5.32 Å². The molecule has 11 heteroatoms. The lowest BCUT2D eigenvalue weighted by Gasteiger charge is -2.11. The van der Waals surface area contributed by atoms with Crippen molar-refractivity contribution in [3.05, 3.63) is 53.1 Å². The molecule has 0 saturated carbocycles. The van der Waals surface area contributed by atoms with Crippen LogP contribution in [0.15, 0.2) is 29.2 Å². The number of benzene rings is 2. The Kier molecular flexibility index (Phi) is 4.99. The summed E-state index contributed by atoms with van der Waals surface area (Å²) in [6, 6.07) is 4.19. The number of nitrogens with one attached hydrogen (secondary N) is 1.